The average molecular weight is 296 g/mol. The Labute approximate surface area is 132 Å². The quantitative estimate of drug-likeness (QED) is 0.887. The second kappa shape index (κ2) is 6.95. The van der Waals surface area contributed by atoms with Crippen molar-refractivity contribution in [1.82, 2.24) is 4.90 Å². The molecule has 0 radical (unpaired) electrons. The highest BCUT2D eigenvalue weighted by molar-refractivity contribution is 5.46. The Hall–Kier alpha value is -1.84. The van der Waals surface area contributed by atoms with E-state index < -0.39 is 0 Å². The highest BCUT2D eigenvalue weighted by Crippen LogP contribution is 2.26. The number of benzene rings is 2. The lowest BCUT2D eigenvalue weighted by molar-refractivity contribution is 0.261. The highest BCUT2D eigenvalue weighted by Gasteiger charge is 2.26. The lowest BCUT2D eigenvalue weighted by Crippen LogP contribution is -2.28. The van der Waals surface area contributed by atoms with Crippen LogP contribution in [-0.2, 0) is 6.61 Å². The number of nitrogens with zero attached hydrogens (tertiary/aromatic N) is 1. The molecule has 2 N–H and O–H groups in total. The van der Waals surface area contributed by atoms with Crippen molar-refractivity contribution in [3.8, 4) is 0 Å². The van der Waals surface area contributed by atoms with Gasteiger partial charge in [0.15, 0.2) is 0 Å². The summed E-state index contributed by atoms with van der Waals surface area (Å²) in [5.41, 5.74) is 3.44. The van der Waals surface area contributed by atoms with Crippen LogP contribution in [-0.4, -0.2) is 29.1 Å². The van der Waals surface area contributed by atoms with Crippen molar-refractivity contribution in [2.45, 2.75) is 32.0 Å². The van der Waals surface area contributed by atoms with E-state index in [9.17, 15) is 5.11 Å². The third kappa shape index (κ3) is 3.49. The van der Waals surface area contributed by atoms with Gasteiger partial charge in [0.2, 0.25) is 0 Å². The Morgan fingerprint density at radius 1 is 1.18 bits per heavy atom. The zero-order chi connectivity index (χ0) is 15.4. The van der Waals surface area contributed by atoms with Gasteiger partial charge in [-0.1, -0.05) is 42.5 Å². The summed E-state index contributed by atoms with van der Waals surface area (Å²) in [6.07, 6.45) is 1.15. The minimum atomic E-state index is 0.0946. The van der Waals surface area contributed by atoms with E-state index in [1.165, 1.54) is 5.56 Å². The van der Waals surface area contributed by atoms with Crippen molar-refractivity contribution in [3.63, 3.8) is 0 Å². The van der Waals surface area contributed by atoms with Crippen molar-refractivity contribution in [3.05, 3.63) is 65.7 Å². The summed E-state index contributed by atoms with van der Waals surface area (Å²) in [4.78, 5) is 2.53. The molecule has 0 aliphatic carbocycles. The summed E-state index contributed by atoms with van der Waals surface area (Å²) in [6.45, 7) is 4.55. The Balaban J connectivity index is 1.60. The molecule has 3 heteroatoms. The van der Waals surface area contributed by atoms with Crippen LogP contribution in [0.5, 0.6) is 0 Å². The third-order valence-corrected chi connectivity index (χ3v) is 4.53. The van der Waals surface area contributed by atoms with E-state index in [1.807, 2.05) is 18.2 Å². The maximum absolute atomic E-state index is 9.23. The fourth-order valence-electron chi connectivity index (χ4n) is 3.19. The van der Waals surface area contributed by atoms with Gasteiger partial charge in [0, 0.05) is 30.9 Å². The molecule has 0 unspecified atom stereocenters. The maximum Gasteiger partial charge on any atom is 0.0682 e. The molecule has 0 bridgehead atoms. The summed E-state index contributed by atoms with van der Waals surface area (Å²) in [7, 11) is 0. The molecule has 1 saturated heterocycles. The number of likely N-dealkylation sites (tertiary alicyclic amines) is 1. The zero-order valence-corrected chi connectivity index (χ0v) is 13.1. The SMILES string of the molecule is C[C@H](c1ccccc1)N1CC[C@@H](Nc2cccc(CO)c2)C1. The molecule has 22 heavy (non-hydrogen) atoms. The van der Waals surface area contributed by atoms with Gasteiger partial charge in [-0.15, -0.1) is 0 Å². The van der Waals surface area contributed by atoms with E-state index in [0.717, 1.165) is 30.8 Å². The van der Waals surface area contributed by atoms with Crippen molar-refractivity contribution in [2.24, 2.45) is 0 Å². The van der Waals surface area contributed by atoms with Gasteiger partial charge in [-0.2, -0.15) is 0 Å². The van der Waals surface area contributed by atoms with Crippen LogP contribution >= 0.6 is 0 Å². The van der Waals surface area contributed by atoms with Crippen molar-refractivity contribution < 1.29 is 5.11 Å². The van der Waals surface area contributed by atoms with Crippen molar-refractivity contribution >= 4 is 5.69 Å². The second-order valence-electron chi connectivity index (χ2n) is 6.07. The molecule has 3 nitrogen and oxygen atoms in total. The van der Waals surface area contributed by atoms with Crippen LogP contribution in [0.4, 0.5) is 5.69 Å². The minimum absolute atomic E-state index is 0.0946. The van der Waals surface area contributed by atoms with Crippen LogP contribution in [0.25, 0.3) is 0 Å². The predicted octanol–water partition coefficient (Wildman–Crippen LogP) is 3.43. The molecule has 1 heterocycles. The average Bonchev–Trinajstić information content (AvgIpc) is 3.03. The zero-order valence-electron chi connectivity index (χ0n) is 13.1. The highest BCUT2D eigenvalue weighted by atomic mass is 16.3. The summed E-state index contributed by atoms with van der Waals surface area (Å²) in [5.74, 6) is 0. The Morgan fingerprint density at radius 2 is 2.00 bits per heavy atom. The molecule has 3 rings (SSSR count). The molecular formula is C19H24N2O. The van der Waals surface area contributed by atoms with E-state index in [-0.39, 0.29) is 6.61 Å². The van der Waals surface area contributed by atoms with Gasteiger partial charge in [0.1, 0.15) is 0 Å². The summed E-state index contributed by atoms with van der Waals surface area (Å²) in [5, 5.41) is 12.8. The first kappa shape index (κ1) is 15.1. The van der Waals surface area contributed by atoms with E-state index in [1.54, 1.807) is 0 Å². The fourth-order valence-corrected chi connectivity index (χ4v) is 3.19. The standard InChI is InChI=1S/C19H24N2O/c1-15(17-7-3-2-4-8-17)21-11-10-19(13-21)20-18-9-5-6-16(12-18)14-22/h2-9,12,15,19-20,22H,10-11,13-14H2,1H3/t15-,19-/m1/s1. The minimum Gasteiger partial charge on any atom is -0.392 e. The Morgan fingerprint density at radius 3 is 2.77 bits per heavy atom. The predicted molar refractivity (Wildman–Crippen MR) is 90.8 cm³/mol. The molecule has 0 amide bonds. The molecule has 2 aromatic rings. The van der Waals surface area contributed by atoms with Gasteiger partial charge in [-0.3, -0.25) is 4.90 Å². The summed E-state index contributed by atoms with van der Waals surface area (Å²) < 4.78 is 0. The second-order valence-corrected chi connectivity index (χ2v) is 6.07. The fraction of sp³-hybridized carbons (Fsp3) is 0.368. The number of aliphatic hydroxyl groups excluding tert-OH is 1. The smallest absolute Gasteiger partial charge is 0.0682 e. The van der Waals surface area contributed by atoms with Crippen LogP contribution < -0.4 is 5.32 Å². The van der Waals surface area contributed by atoms with Crippen LogP contribution in [0, 0.1) is 0 Å². The monoisotopic (exact) mass is 296 g/mol. The van der Waals surface area contributed by atoms with Crippen molar-refractivity contribution in [2.75, 3.05) is 18.4 Å². The van der Waals surface area contributed by atoms with Crippen LogP contribution in [0.2, 0.25) is 0 Å². The first-order valence-corrected chi connectivity index (χ1v) is 8.01. The maximum atomic E-state index is 9.23. The number of nitrogens with one attached hydrogen (secondary N) is 1. The summed E-state index contributed by atoms with van der Waals surface area (Å²) in [6, 6.07) is 19.7. The molecule has 1 fully saturated rings. The van der Waals surface area contributed by atoms with Gasteiger partial charge in [0.25, 0.3) is 0 Å². The molecule has 2 atom stereocenters. The normalized spacial score (nSPS) is 20.0. The van der Waals surface area contributed by atoms with Crippen LogP contribution in [0.15, 0.2) is 54.6 Å². The van der Waals surface area contributed by atoms with Gasteiger partial charge in [-0.05, 0) is 36.6 Å². The molecule has 1 aliphatic heterocycles. The first-order valence-electron chi connectivity index (χ1n) is 8.01. The van der Waals surface area contributed by atoms with Gasteiger partial charge >= 0.3 is 0 Å². The molecular weight excluding hydrogens is 272 g/mol. The molecule has 1 aliphatic rings. The lowest BCUT2D eigenvalue weighted by Gasteiger charge is -2.25. The van der Waals surface area contributed by atoms with E-state index >= 15 is 0 Å². The Bertz CT molecular complexity index is 599. The van der Waals surface area contributed by atoms with Gasteiger partial charge in [-0.25, -0.2) is 0 Å². The Kier molecular flexibility index (Phi) is 4.76. The molecule has 0 spiro atoms. The number of rotatable bonds is 5. The number of aliphatic hydroxyl groups is 1. The molecule has 2 aromatic carbocycles. The van der Waals surface area contributed by atoms with E-state index in [0.29, 0.717) is 12.1 Å². The molecule has 0 saturated carbocycles. The van der Waals surface area contributed by atoms with E-state index in [2.05, 4.69) is 53.5 Å². The number of hydrogen-bond donors (Lipinski definition) is 2. The summed E-state index contributed by atoms with van der Waals surface area (Å²) >= 11 is 0. The van der Waals surface area contributed by atoms with Crippen molar-refractivity contribution in [1.29, 1.82) is 0 Å². The van der Waals surface area contributed by atoms with Crippen LogP contribution in [0.1, 0.15) is 30.5 Å². The lowest BCUT2D eigenvalue weighted by atomic mass is 10.1. The topological polar surface area (TPSA) is 35.5 Å². The third-order valence-electron chi connectivity index (χ3n) is 4.53. The van der Waals surface area contributed by atoms with Gasteiger partial charge < -0.3 is 10.4 Å². The molecule has 116 valence electrons. The molecule has 0 aromatic heterocycles. The largest absolute Gasteiger partial charge is 0.392 e. The van der Waals surface area contributed by atoms with Gasteiger partial charge in [0.05, 0.1) is 6.61 Å². The first-order chi connectivity index (χ1) is 10.8. The van der Waals surface area contributed by atoms with Crippen LogP contribution in [0.3, 0.4) is 0 Å². The number of hydrogen-bond acceptors (Lipinski definition) is 3. The number of anilines is 1. The van der Waals surface area contributed by atoms with E-state index in [4.69, 9.17) is 0 Å².